The molecule has 1 aliphatic rings. The maximum Gasteiger partial charge on any atom is 0.163 e. The Kier molecular flexibility index (Phi) is 3.82. The summed E-state index contributed by atoms with van der Waals surface area (Å²) in [6.07, 6.45) is 2.93. The summed E-state index contributed by atoms with van der Waals surface area (Å²) < 4.78 is 5.77. The van der Waals surface area contributed by atoms with Gasteiger partial charge in [-0.3, -0.25) is 9.59 Å². The summed E-state index contributed by atoms with van der Waals surface area (Å²) in [6, 6.07) is 13.3. The Balaban J connectivity index is 1.89. The van der Waals surface area contributed by atoms with Gasteiger partial charge in [0.25, 0.3) is 0 Å². The molecule has 0 radical (unpaired) electrons. The monoisotopic (exact) mass is 280 g/mol. The molecule has 0 atom stereocenters. The van der Waals surface area contributed by atoms with Crippen molar-refractivity contribution in [1.82, 2.24) is 0 Å². The van der Waals surface area contributed by atoms with Crippen LogP contribution in [0.2, 0.25) is 0 Å². The van der Waals surface area contributed by atoms with E-state index in [1.54, 1.807) is 12.1 Å². The van der Waals surface area contributed by atoms with E-state index in [0.29, 0.717) is 29.9 Å². The topological polar surface area (TPSA) is 43.4 Å². The number of Topliss-reactive ketones (excluding diaryl/α,β-unsaturated/α-hetero) is 1. The highest BCUT2D eigenvalue weighted by molar-refractivity contribution is 6.01. The number of benzene rings is 2. The molecule has 0 aliphatic heterocycles. The van der Waals surface area contributed by atoms with Crippen LogP contribution in [0.1, 0.15) is 44.7 Å². The van der Waals surface area contributed by atoms with Gasteiger partial charge in [0.15, 0.2) is 12.1 Å². The van der Waals surface area contributed by atoms with Gasteiger partial charge in [0.05, 0.1) is 5.56 Å². The van der Waals surface area contributed by atoms with E-state index in [1.807, 2.05) is 30.3 Å². The number of aldehydes is 1. The van der Waals surface area contributed by atoms with Crippen LogP contribution >= 0.6 is 0 Å². The first kappa shape index (κ1) is 13.6. The zero-order valence-corrected chi connectivity index (χ0v) is 11.7. The van der Waals surface area contributed by atoms with Crippen molar-refractivity contribution < 1.29 is 14.3 Å². The number of rotatable bonds is 4. The van der Waals surface area contributed by atoms with Crippen LogP contribution < -0.4 is 4.74 Å². The van der Waals surface area contributed by atoms with Crippen LogP contribution in [0.4, 0.5) is 0 Å². The first-order chi connectivity index (χ1) is 10.3. The molecular weight excluding hydrogens is 264 g/mol. The lowest BCUT2D eigenvalue weighted by atomic mass is 9.87. The molecule has 3 nitrogen and oxygen atoms in total. The van der Waals surface area contributed by atoms with Gasteiger partial charge in [-0.05, 0) is 36.1 Å². The molecule has 0 heterocycles. The highest BCUT2D eigenvalue weighted by Crippen LogP contribution is 2.30. The Hall–Kier alpha value is -2.42. The first-order valence-corrected chi connectivity index (χ1v) is 7.10. The highest BCUT2D eigenvalue weighted by atomic mass is 16.5. The second-order valence-corrected chi connectivity index (χ2v) is 5.17. The van der Waals surface area contributed by atoms with Crippen LogP contribution in [-0.2, 0) is 13.0 Å². The van der Waals surface area contributed by atoms with Gasteiger partial charge in [0.2, 0.25) is 0 Å². The Labute approximate surface area is 123 Å². The minimum Gasteiger partial charge on any atom is -0.488 e. The molecule has 0 aromatic heterocycles. The van der Waals surface area contributed by atoms with E-state index in [9.17, 15) is 9.59 Å². The second-order valence-electron chi connectivity index (χ2n) is 5.17. The summed E-state index contributed by atoms with van der Waals surface area (Å²) in [5.74, 6) is 0.677. The van der Waals surface area contributed by atoms with Gasteiger partial charge in [-0.25, -0.2) is 0 Å². The fourth-order valence-corrected chi connectivity index (χ4v) is 2.72. The summed E-state index contributed by atoms with van der Waals surface area (Å²) in [5.41, 5.74) is 3.09. The minimum atomic E-state index is 0.119. The highest BCUT2D eigenvalue weighted by Gasteiger charge is 2.22. The summed E-state index contributed by atoms with van der Waals surface area (Å²) >= 11 is 0. The van der Waals surface area contributed by atoms with Crippen LogP contribution in [0, 0.1) is 0 Å². The molecule has 2 aromatic rings. The van der Waals surface area contributed by atoms with Crippen molar-refractivity contribution in [2.75, 3.05) is 0 Å². The van der Waals surface area contributed by atoms with Gasteiger partial charge in [0, 0.05) is 12.0 Å². The normalized spacial score (nSPS) is 13.6. The Morgan fingerprint density at radius 3 is 2.62 bits per heavy atom. The number of hydrogen-bond acceptors (Lipinski definition) is 3. The van der Waals surface area contributed by atoms with Crippen molar-refractivity contribution in [3.8, 4) is 5.75 Å². The Bertz CT molecular complexity index is 674. The van der Waals surface area contributed by atoms with Crippen molar-refractivity contribution in [3.05, 3.63) is 64.7 Å². The van der Waals surface area contributed by atoms with E-state index < -0.39 is 0 Å². The van der Waals surface area contributed by atoms with E-state index in [2.05, 4.69) is 0 Å². The molecule has 2 aromatic carbocycles. The number of ketones is 1. The van der Waals surface area contributed by atoms with E-state index in [4.69, 9.17) is 4.74 Å². The average Bonchev–Trinajstić information content (AvgIpc) is 2.53. The van der Waals surface area contributed by atoms with Crippen LogP contribution in [0.5, 0.6) is 5.75 Å². The van der Waals surface area contributed by atoms with Crippen molar-refractivity contribution in [2.45, 2.75) is 25.9 Å². The zero-order valence-electron chi connectivity index (χ0n) is 11.7. The second kappa shape index (κ2) is 5.92. The van der Waals surface area contributed by atoms with Crippen molar-refractivity contribution >= 4 is 12.1 Å². The molecule has 106 valence electrons. The average molecular weight is 280 g/mol. The molecule has 0 spiro atoms. The number of carbonyl (C=O) groups is 2. The predicted molar refractivity (Wildman–Crippen MR) is 79.9 cm³/mol. The SMILES string of the molecule is O=Cc1c(OCc2ccccc2)ccc2c1CCCC2=O. The molecular formula is C18H16O3. The van der Waals surface area contributed by atoms with Crippen LogP contribution in [0.25, 0.3) is 0 Å². The van der Waals surface area contributed by atoms with Crippen LogP contribution in [0.3, 0.4) is 0 Å². The maximum absolute atomic E-state index is 11.9. The maximum atomic E-state index is 11.9. The van der Waals surface area contributed by atoms with Crippen molar-refractivity contribution in [3.63, 3.8) is 0 Å². The zero-order chi connectivity index (χ0) is 14.7. The number of fused-ring (bicyclic) bond motifs is 1. The van der Waals surface area contributed by atoms with E-state index in [1.165, 1.54) is 0 Å². The van der Waals surface area contributed by atoms with E-state index in [-0.39, 0.29) is 5.78 Å². The molecule has 0 amide bonds. The summed E-state index contributed by atoms with van der Waals surface area (Å²) in [6.45, 7) is 0.411. The van der Waals surface area contributed by atoms with Gasteiger partial charge < -0.3 is 4.74 Å². The lowest BCUT2D eigenvalue weighted by Gasteiger charge is -2.19. The molecule has 21 heavy (non-hydrogen) atoms. The minimum absolute atomic E-state index is 0.119. The molecule has 3 heteroatoms. The van der Waals surface area contributed by atoms with E-state index >= 15 is 0 Å². The van der Waals surface area contributed by atoms with Gasteiger partial charge >= 0.3 is 0 Å². The third kappa shape index (κ3) is 2.72. The third-order valence-electron chi connectivity index (χ3n) is 3.80. The van der Waals surface area contributed by atoms with Gasteiger partial charge in [-0.2, -0.15) is 0 Å². The van der Waals surface area contributed by atoms with Gasteiger partial charge in [-0.15, -0.1) is 0 Å². The fourth-order valence-electron chi connectivity index (χ4n) is 2.72. The first-order valence-electron chi connectivity index (χ1n) is 7.10. The Morgan fingerprint density at radius 2 is 1.86 bits per heavy atom. The van der Waals surface area contributed by atoms with Crippen molar-refractivity contribution in [1.29, 1.82) is 0 Å². The fraction of sp³-hybridized carbons (Fsp3) is 0.222. The summed E-state index contributed by atoms with van der Waals surface area (Å²) in [7, 11) is 0. The molecule has 1 aliphatic carbocycles. The van der Waals surface area contributed by atoms with E-state index in [0.717, 1.165) is 30.3 Å². The number of ether oxygens (including phenoxy) is 1. The lowest BCUT2D eigenvalue weighted by molar-refractivity contribution is 0.0972. The molecule has 3 rings (SSSR count). The van der Waals surface area contributed by atoms with Crippen molar-refractivity contribution in [2.24, 2.45) is 0 Å². The molecule has 0 unspecified atom stereocenters. The van der Waals surface area contributed by atoms with Gasteiger partial charge in [-0.1, -0.05) is 30.3 Å². The predicted octanol–water partition coefficient (Wildman–Crippen LogP) is 3.60. The van der Waals surface area contributed by atoms with Crippen LogP contribution in [0.15, 0.2) is 42.5 Å². The Morgan fingerprint density at radius 1 is 1.05 bits per heavy atom. The van der Waals surface area contributed by atoms with Crippen LogP contribution in [-0.4, -0.2) is 12.1 Å². The quantitative estimate of drug-likeness (QED) is 0.804. The standard InChI is InChI=1S/C18H16O3/c19-11-16-14-7-4-8-17(20)15(14)9-10-18(16)21-12-13-5-2-1-3-6-13/h1-3,5-6,9-11H,4,7-8,12H2. The number of hydrogen-bond donors (Lipinski definition) is 0. The lowest BCUT2D eigenvalue weighted by Crippen LogP contribution is -2.14. The largest absolute Gasteiger partial charge is 0.488 e. The molecule has 0 N–H and O–H groups in total. The summed E-state index contributed by atoms with van der Waals surface area (Å²) in [5, 5.41) is 0. The molecule has 0 saturated carbocycles. The molecule has 0 fully saturated rings. The summed E-state index contributed by atoms with van der Waals surface area (Å²) in [4.78, 5) is 23.3. The number of carbonyl (C=O) groups excluding carboxylic acids is 2. The molecule has 0 bridgehead atoms. The van der Waals surface area contributed by atoms with Gasteiger partial charge in [0.1, 0.15) is 12.4 Å². The smallest absolute Gasteiger partial charge is 0.163 e. The third-order valence-corrected chi connectivity index (χ3v) is 3.80. The molecule has 0 saturated heterocycles.